The molecule has 22 heavy (non-hydrogen) atoms. The molecule has 0 atom stereocenters. The van der Waals surface area contributed by atoms with Crippen molar-refractivity contribution >= 4 is 22.9 Å². The Labute approximate surface area is 131 Å². The van der Waals surface area contributed by atoms with E-state index in [1.165, 1.54) is 11.3 Å². The van der Waals surface area contributed by atoms with E-state index in [1.54, 1.807) is 25.4 Å². The molecule has 3 aromatic heterocycles. The molecule has 1 N–H and O–H groups in total. The van der Waals surface area contributed by atoms with Crippen LogP contribution in [-0.2, 0) is 11.2 Å². The minimum Gasteiger partial charge on any atom is -0.481 e. The van der Waals surface area contributed by atoms with Crippen LogP contribution in [0.15, 0.2) is 48.2 Å². The normalized spacial score (nSPS) is 10.4. The molecule has 3 rings (SSSR count). The average Bonchev–Trinajstić information content (AvgIpc) is 3.19. The number of anilines is 1. The van der Waals surface area contributed by atoms with Crippen LogP contribution in [0.1, 0.15) is 5.69 Å². The lowest BCUT2D eigenvalue weighted by atomic mass is 10.3. The van der Waals surface area contributed by atoms with Gasteiger partial charge >= 0.3 is 0 Å². The van der Waals surface area contributed by atoms with Gasteiger partial charge in [0.2, 0.25) is 11.8 Å². The summed E-state index contributed by atoms with van der Waals surface area (Å²) in [6.45, 7) is 0. The third-order valence-corrected chi connectivity index (χ3v) is 3.84. The van der Waals surface area contributed by atoms with Gasteiger partial charge in [-0.3, -0.25) is 4.79 Å². The number of rotatable bonds is 5. The Bertz CT molecular complexity index is 750. The van der Waals surface area contributed by atoms with Crippen LogP contribution in [0.3, 0.4) is 0 Å². The number of hydrogen-bond donors (Lipinski definition) is 1. The maximum atomic E-state index is 12.0. The maximum absolute atomic E-state index is 12.0. The summed E-state index contributed by atoms with van der Waals surface area (Å²) in [5.74, 6) is 0.380. The zero-order chi connectivity index (χ0) is 15.4. The molecule has 0 aliphatic heterocycles. The van der Waals surface area contributed by atoms with Gasteiger partial charge in [0.05, 0.1) is 31.1 Å². The molecule has 0 saturated carbocycles. The summed E-state index contributed by atoms with van der Waals surface area (Å²) < 4.78 is 6.89. The van der Waals surface area contributed by atoms with Crippen molar-refractivity contribution < 1.29 is 9.53 Å². The smallest absolute Gasteiger partial charge is 0.230 e. The van der Waals surface area contributed by atoms with Crippen LogP contribution in [-0.4, -0.2) is 27.6 Å². The summed E-state index contributed by atoms with van der Waals surface area (Å²) >= 11 is 1.50. The van der Waals surface area contributed by atoms with Gasteiger partial charge in [-0.2, -0.15) is 0 Å². The standard InChI is InChI=1S/C15H14N4O2S/c1-21-14-5-4-11(9-16-14)17-13(20)8-12-10-22-15(18-12)19-6-2-3-7-19/h2-7,9-10H,8H2,1H3,(H,17,20). The average molecular weight is 314 g/mol. The number of methoxy groups -OCH3 is 1. The monoisotopic (exact) mass is 314 g/mol. The molecule has 0 spiro atoms. The van der Waals surface area contributed by atoms with Crippen LogP contribution in [0, 0.1) is 0 Å². The van der Waals surface area contributed by atoms with Crippen LogP contribution in [0.2, 0.25) is 0 Å². The van der Waals surface area contributed by atoms with Crippen LogP contribution >= 0.6 is 11.3 Å². The first-order chi connectivity index (χ1) is 10.7. The minimum absolute atomic E-state index is 0.128. The topological polar surface area (TPSA) is 69.0 Å². The largest absolute Gasteiger partial charge is 0.481 e. The third-order valence-electron chi connectivity index (χ3n) is 2.94. The quantitative estimate of drug-likeness (QED) is 0.785. The Morgan fingerprint density at radius 3 is 2.86 bits per heavy atom. The van der Waals surface area contributed by atoms with Gasteiger partial charge in [-0.05, 0) is 18.2 Å². The zero-order valence-corrected chi connectivity index (χ0v) is 12.7. The summed E-state index contributed by atoms with van der Waals surface area (Å²) in [7, 11) is 1.55. The fourth-order valence-electron chi connectivity index (χ4n) is 1.90. The Kier molecular flexibility index (Phi) is 4.15. The molecule has 0 unspecified atom stereocenters. The van der Waals surface area contributed by atoms with Crippen LogP contribution in [0.5, 0.6) is 5.88 Å². The predicted molar refractivity (Wildman–Crippen MR) is 84.6 cm³/mol. The Balaban J connectivity index is 1.61. The van der Waals surface area contributed by atoms with E-state index in [0.29, 0.717) is 11.6 Å². The molecule has 0 fully saturated rings. The molecule has 1 amide bonds. The van der Waals surface area contributed by atoms with Crippen molar-refractivity contribution in [1.29, 1.82) is 0 Å². The highest BCUT2D eigenvalue weighted by molar-refractivity contribution is 7.12. The lowest BCUT2D eigenvalue weighted by molar-refractivity contribution is -0.115. The number of ether oxygens (including phenoxy) is 1. The molecular formula is C15H14N4O2S. The van der Waals surface area contributed by atoms with Crippen molar-refractivity contribution in [2.75, 3.05) is 12.4 Å². The predicted octanol–water partition coefficient (Wildman–Crippen LogP) is 2.52. The molecule has 3 aromatic rings. The highest BCUT2D eigenvalue weighted by atomic mass is 32.1. The summed E-state index contributed by atoms with van der Waals surface area (Å²) in [5.41, 5.74) is 1.37. The van der Waals surface area contributed by atoms with E-state index in [-0.39, 0.29) is 12.3 Å². The number of nitrogens with one attached hydrogen (secondary N) is 1. The summed E-state index contributed by atoms with van der Waals surface area (Å²) in [6.07, 6.45) is 5.63. The number of aromatic nitrogens is 3. The van der Waals surface area contributed by atoms with E-state index in [0.717, 1.165) is 10.8 Å². The number of carbonyl (C=O) groups excluding carboxylic acids is 1. The SMILES string of the molecule is COc1ccc(NC(=O)Cc2csc(-n3cccc3)n2)cn1. The van der Waals surface area contributed by atoms with E-state index >= 15 is 0 Å². The van der Waals surface area contributed by atoms with Gasteiger partial charge in [-0.25, -0.2) is 9.97 Å². The van der Waals surface area contributed by atoms with Crippen molar-refractivity contribution in [1.82, 2.24) is 14.5 Å². The van der Waals surface area contributed by atoms with Crippen molar-refractivity contribution in [3.05, 3.63) is 53.9 Å². The number of hydrogen-bond acceptors (Lipinski definition) is 5. The van der Waals surface area contributed by atoms with Gasteiger partial charge in [0.15, 0.2) is 5.13 Å². The fourth-order valence-corrected chi connectivity index (χ4v) is 2.69. The molecule has 7 heteroatoms. The second kappa shape index (κ2) is 6.40. The molecule has 0 aromatic carbocycles. The number of carbonyl (C=O) groups is 1. The highest BCUT2D eigenvalue weighted by Gasteiger charge is 2.09. The molecule has 112 valence electrons. The molecular weight excluding hydrogens is 300 g/mol. The van der Waals surface area contributed by atoms with Gasteiger partial charge < -0.3 is 14.6 Å². The van der Waals surface area contributed by atoms with Crippen molar-refractivity contribution in [2.45, 2.75) is 6.42 Å². The summed E-state index contributed by atoms with van der Waals surface area (Å²) in [5, 5.41) is 5.52. The first-order valence-electron chi connectivity index (χ1n) is 6.62. The van der Waals surface area contributed by atoms with Crippen molar-refractivity contribution in [3.8, 4) is 11.0 Å². The first kappa shape index (κ1) is 14.3. The summed E-state index contributed by atoms with van der Waals surface area (Å²) in [4.78, 5) is 20.5. The second-order valence-corrected chi connectivity index (χ2v) is 5.36. The Hall–Kier alpha value is -2.67. The number of pyridine rings is 1. The minimum atomic E-state index is -0.128. The zero-order valence-electron chi connectivity index (χ0n) is 11.9. The maximum Gasteiger partial charge on any atom is 0.230 e. The molecule has 0 aliphatic carbocycles. The molecule has 0 saturated heterocycles. The molecule has 3 heterocycles. The van der Waals surface area contributed by atoms with E-state index in [1.807, 2.05) is 34.5 Å². The molecule has 0 aliphatic rings. The molecule has 0 radical (unpaired) electrons. The number of nitrogens with zero attached hydrogens (tertiary/aromatic N) is 3. The van der Waals surface area contributed by atoms with E-state index in [2.05, 4.69) is 15.3 Å². The van der Waals surface area contributed by atoms with E-state index in [4.69, 9.17) is 4.74 Å². The van der Waals surface area contributed by atoms with Crippen LogP contribution < -0.4 is 10.1 Å². The second-order valence-electron chi connectivity index (χ2n) is 4.53. The van der Waals surface area contributed by atoms with Gasteiger partial charge in [0.25, 0.3) is 0 Å². The van der Waals surface area contributed by atoms with E-state index < -0.39 is 0 Å². The van der Waals surface area contributed by atoms with Gasteiger partial charge in [0, 0.05) is 23.8 Å². The highest BCUT2D eigenvalue weighted by Crippen LogP contribution is 2.16. The first-order valence-corrected chi connectivity index (χ1v) is 7.50. The van der Waals surface area contributed by atoms with Crippen molar-refractivity contribution in [3.63, 3.8) is 0 Å². The number of amides is 1. The Morgan fingerprint density at radius 2 is 2.18 bits per heavy atom. The van der Waals surface area contributed by atoms with Gasteiger partial charge in [-0.15, -0.1) is 11.3 Å². The fraction of sp³-hybridized carbons (Fsp3) is 0.133. The lowest BCUT2D eigenvalue weighted by Gasteiger charge is -2.04. The van der Waals surface area contributed by atoms with Crippen molar-refractivity contribution in [2.24, 2.45) is 0 Å². The summed E-state index contributed by atoms with van der Waals surface area (Å²) in [6, 6.07) is 7.31. The third kappa shape index (κ3) is 3.32. The van der Waals surface area contributed by atoms with Crippen LogP contribution in [0.25, 0.3) is 5.13 Å². The van der Waals surface area contributed by atoms with Gasteiger partial charge in [-0.1, -0.05) is 0 Å². The van der Waals surface area contributed by atoms with Gasteiger partial charge in [0.1, 0.15) is 0 Å². The van der Waals surface area contributed by atoms with E-state index in [9.17, 15) is 4.79 Å². The molecule has 0 bridgehead atoms. The molecule has 6 nitrogen and oxygen atoms in total. The lowest BCUT2D eigenvalue weighted by Crippen LogP contribution is -2.14. The number of thiazole rings is 1. The van der Waals surface area contributed by atoms with Crippen LogP contribution in [0.4, 0.5) is 5.69 Å². The Morgan fingerprint density at radius 1 is 1.36 bits per heavy atom.